The van der Waals surface area contributed by atoms with Gasteiger partial charge in [0.1, 0.15) is 0 Å². The predicted molar refractivity (Wildman–Crippen MR) is 292 cm³/mol. The molecule has 8 aromatic carbocycles. The van der Waals surface area contributed by atoms with E-state index in [2.05, 4.69) is 257 Å². The van der Waals surface area contributed by atoms with E-state index in [1.165, 1.54) is 89.0 Å². The van der Waals surface area contributed by atoms with Gasteiger partial charge in [0.15, 0.2) is 0 Å². The summed E-state index contributed by atoms with van der Waals surface area (Å²) in [6.45, 7) is 16.9. The van der Waals surface area contributed by atoms with Crippen molar-refractivity contribution >= 4 is 57.0 Å². The Morgan fingerprint density at radius 3 is 0.829 bits per heavy atom. The largest absolute Gasteiger partial charge is 0.494 e. The maximum Gasteiger partial charge on any atom is 0.494 e. The Kier molecular flexibility index (Phi) is 9.63. The lowest BCUT2D eigenvalue weighted by Gasteiger charge is -2.32. The van der Waals surface area contributed by atoms with Gasteiger partial charge in [0.05, 0.1) is 33.2 Å². The van der Waals surface area contributed by atoms with Crippen molar-refractivity contribution in [2.24, 2.45) is 0 Å². The molecule has 70 heavy (non-hydrogen) atoms. The fourth-order valence-electron chi connectivity index (χ4n) is 12.5. The highest BCUT2D eigenvalue weighted by Gasteiger charge is 2.57. The van der Waals surface area contributed by atoms with E-state index in [4.69, 9.17) is 18.6 Å². The topological polar surface area (TPSA) is 36.9 Å². The van der Waals surface area contributed by atoms with E-state index < -0.39 is 42.1 Å². The zero-order chi connectivity index (χ0) is 48.3. The van der Waals surface area contributed by atoms with Gasteiger partial charge in [0.25, 0.3) is 0 Å². The zero-order valence-corrected chi connectivity index (χ0v) is 43.9. The number of benzene rings is 8. The van der Waals surface area contributed by atoms with Gasteiger partial charge >= 0.3 is 14.2 Å². The van der Waals surface area contributed by atoms with Crippen molar-refractivity contribution in [3.63, 3.8) is 0 Å². The van der Waals surface area contributed by atoms with Gasteiger partial charge in [-0.25, -0.2) is 0 Å². The average molecular weight is 1040 g/mol. The van der Waals surface area contributed by atoms with Crippen LogP contribution in [0.4, 0.5) is 0 Å². The fourth-order valence-corrected chi connectivity index (χ4v) is 13.2. The van der Waals surface area contributed by atoms with Crippen molar-refractivity contribution < 1.29 is 18.6 Å². The molecule has 2 fully saturated rings. The second-order valence-corrected chi connectivity index (χ2v) is 23.7. The molecule has 0 saturated carbocycles. The van der Waals surface area contributed by atoms with Gasteiger partial charge in [-0.2, -0.15) is 0 Å². The molecule has 0 radical (unpaired) electrons. The smallest absolute Gasteiger partial charge is 0.399 e. The second kappa shape index (κ2) is 15.1. The van der Waals surface area contributed by atoms with Crippen molar-refractivity contribution in [2.75, 3.05) is 0 Å². The first kappa shape index (κ1) is 44.6. The van der Waals surface area contributed by atoms with Crippen LogP contribution in [-0.2, 0) is 29.4 Å². The highest BCUT2D eigenvalue weighted by atomic mass is 79.9. The summed E-state index contributed by atoms with van der Waals surface area (Å²) in [4.78, 5) is 0. The van der Waals surface area contributed by atoms with E-state index in [0.717, 1.165) is 19.9 Å². The lowest BCUT2D eigenvalue weighted by molar-refractivity contribution is 0.00578. The minimum atomic E-state index is -0.489. The molecule has 0 atom stereocenters. The van der Waals surface area contributed by atoms with Crippen LogP contribution in [0.15, 0.2) is 179 Å². The first-order valence-electron chi connectivity index (χ1n) is 24.5. The molecule has 8 aromatic rings. The molecule has 0 aromatic heterocycles. The van der Waals surface area contributed by atoms with Crippen LogP contribution in [0.2, 0.25) is 0 Å². The van der Waals surface area contributed by atoms with Crippen molar-refractivity contribution in [2.45, 2.75) is 88.6 Å². The van der Waals surface area contributed by atoms with Crippen LogP contribution >= 0.6 is 31.9 Å². The van der Waals surface area contributed by atoms with Crippen LogP contribution in [0, 0.1) is 0 Å². The van der Waals surface area contributed by atoms with Gasteiger partial charge in [-0.05, 0) is 180 Å². The maximum absolute atomic E-state index is 6.55. The highest BCUT2D eigenvalue weighted by Crippen LogP contribution is 2.64. The minimum Gasteiger partial charge on any atom is -0.399 e. The molecule has 8 heteroatoms. The predicted octanol–water partition coefficient (Wildman–Crippen LogP) is 14.2. The average Bonchev–Trinajstić information content (AvgIpc) is 4.10. The fraction of sp³-hybridized carbons (Fsp3) is 0.226. The van der Waals surface area contributed by atoms with Gasteiger partial charge in [-0.1, -0.05) is 177 Å². The SMILES string of the molecule is Brc1ccc2c(c1)C1(c3ccccc3-2)c2ccccc2-c2ccc(Br)cc21.CC1(C)OB(c2ccc3c(c2)C2(c4ccccc4-3)c3ccccc3-c3ccc(B4OC(C)(C)C(C)(C)O4)cc32)OC1(C)C. The summed E-state index contributed by atoms with van der Waals surface area (Å²) in [6.07, 6.45) is 0. The Labute approximate surface area is 429 Å². The standard InChI is InChI=1S/C37H38B2O4.C25H14Br2/c1-33(2)34(3,4)41-38(40-33)23-17-19-27-25-13-9-11-15-29(25)37(31(27)21-23)30-16-12-10-14-26(30)28-20-18-24(22-32(28)37)39-42-35(5,6)36(7,8)43-39;26-15-9-11-19-17-5-1-3-7-21(17)25(23(19)13-15)22-8-4-2-6-18(22)20-12-10-16(27)14-24(20)25/h9-22H,1-8H3;1-14H. The van der Waals surface area contributed by atoms with E-state index in [0.29, 0.717) is 0 Å². The summed E-state index contributed by atoms with van der Waals surface area (Å²) in [7, 11) is -0.883. The summed E-state index contributed by atoms with van der Waals surface area (Å²) in [6, 6.07) is 62.5. The number of fused-ring (bicyclic) bond motifs is 20. The summed E-state index contributed by atoms with van der Waals surface area (Å²) in [5.41, 5.74) is 20.6. The summed E-state index contributed by atoms with van der Waals surface area (Å²) < 4.78 is 28.4. The van der Waals surface area contributed by atoms with Gasteiger partial charge in [0.2, 0.25) is 0 Å². The quantitative estimate of drug-likeness (QED) is 0.162. The molecule has 0 unspecified atom stereocenters. The molecule has 4 nitrogen and oxygen atoms in total. The number of halogens is 2. The van der Waals surface area contributed by atoms with Crippen LogP contribution in [0.1, 0.15) is 99.9 Å². The first-order chi connectivity index (χ1) is 33.5. The zero-order valence-electron chi connectivity index (χ0n) is 40.7. The van der Waals surface area contributed by atoms with Crippen molar-refractivity contribution in [3.05, 3.63) is 223 Å². The Hall–Kier alpha value is -5.31. The molecule has 6 aliphatic rings. The highest BCUT2D eigenvalue weighted by molar-refractivity contribution is 9.10. The molecule has 0 bridgehead atoms. The summed E-state index contributed by atoms with van der Waals surface area (Å²) in [5.74, 6) is 0. The van der Waals surface area contributed by atoms with Gasteiger partial charge < -0.3 is 18.6 Å². The molecule has 0 amide bonds. The second-order valence-electron chi connectivity index (χ2n) is 21.8. The van der Waals surface area contributed by atoms with Gasteiger partial charge in [0, 0.05) is 8.95 Å². The maximum atomic E-state index is 6.55. The molecule has 2 saturated heterocycles. The Morgan fingerprint density at radius 2 is 0.529 bits per heavy atom. The molecule has 14 rings (SSSR count). The number of rotatable bonds is 2. The molecule has 0 N–H and O–H groups in total. The third-order valence-corrected chi connectivity index (χ3v) is 18.2. The summed E-state index contributed by atoms with van der Waals surface area (Å²) >= 11 is 7.45. The van der Waals surface area contributed by atoms with Crippen LogP contribution in [0.5, 0.6) is 0 Å². The molecule has 2 spiro atoms. The van der Waals surface area contributed by atoms with E-state index in [9.17, 15) is 0 Å². The van der Waals surface area contributed by atoms with Crippen molar-refractivity contribution in [3.8, 4) is 44.5 Å². The van der Waals surface area contributed by atoms with Crippen LogP contribution in [0.3, 0.4) is 0 Å². The van der Waals surface area contributed by atoms with E-state index in [1.807, 2.05) is 0 Å². The number of hydrogen-bond acceptors (Lipinski definition) is 4. The van der Waals surface area contributed by atoms with Gasteiger partial charge in [-0.3, -0.25) is 0 Å². The normalized spacial score (nSPS) is 19.4. The van der Waals surface area contributed by atoms with Crippen LogP contribution < -0.4 is 10.9 Å². The molecule has 4 aliphatic carbocycles. The molecule has 2 aliphatic heterocycles. The Balaban J connectivity index is 0.000000152. The first-order valence-corrected chi connectivity index (χ1v) is 26.1. The molecule has 2 heterocycles. The lowest BCUT2D eigenvalue weighted by Crippen LogP contribution is -2.41. The van der Waals surface area contributed by atoms with Gasteiger partial charge in [-0.15, -0.1) is 0 Å². The minimum absolute atomic E-state index is 0.259. The molecular formula is C62H52B2Br2O4. The monoisotopic (exact) mass is 1040 g/mol. The summed E-state index contributed by atoms with van der Waals surface area (Å²) in [5, 5.41) is 0. The lowest BCUT2D eigenvalue weighted by atomic mass is 9.67. The Morgan fingerprint density at radius 1 is 0.286 bits per heavy atom. The third kappa shape index (κ3) is 5.92. The van der Waals surface area contributed by atoms with E-state index in [-0.39, 0.29) is 5.41 Å². The van der Waals surface area contributed by atoms with E-state index >= 15 is 0 Å². The van der Waals surface area contributed by atoms with Crippen LogP contribution in [0.25, 0.3) is 44.5 Å². The van der Waals surface area contributed by atoms with Crippen LogP contribution in [-0.4, -0.2) is 36.6 Å². The van der Waals surface area contributed by atoms with E-state index in [1.54, 1.807) is 0 Å². The van der Waals surface area contributed by atoms with Crippen molar-refractivity contribution in [1.29, 1.82) is 0 Å². The molecule has 344 valence electrons. The molecular weight excluding hydrogens is 990 g/mol. The Bertz CT molecular complexity index is 3270. The third-order valence-electron chi connectivity index (χ3n) is 17.2. The van der Waals surface area contributed by atoms with Crippen molar-refractivity contribution in [1.82, 2.24) is 0 Å². The number of hydrogen-bond donors (Lipinski definition) is 0.